The number of carbonyl (C=O) groups excluding carboxylic acids is 2. The minimum absolute atomic E-state index is 0.114. The quantitative estimate of drug-likeness (QED) is 0.185. The van der Waals surface area contributed by atoms with E-state index < -0.39 is 17.7 Å². The molecule has 0 radical (unpaired) electrons. The van der Waals surface area contributed by atoms with Crippen LogP contribution >= 0.6 is 11.3 Å². The number of aliphatic hydroxyl groups is 1. The van der Waals surface area contributed by atoms with Crippen molar-refractivity contribution in [2.24, 2.45) is 0 Å². The Labute approximate surface area is 219 Å². The van der Waals surface area contributed by atoms with Crippen molar-refractivity contribution in [3.63, 3.8) is 0 Å². The third-order valence-corrected chi connectivity index (χ3v) is 7.27. The largest absolute Gasteiger partial charge is 0.507 e. The summed E-state index contributed by atoms with van der Waals surface area (Å²) in [5.74, 6) is -0.797. The maximum Gasteiger partial charge on any atom is 0.295 e. The molecule has 1 atom stereocenters. The summed E-state index contributed by atoms with van der Waals surface area (Å²) in [6.45, 7) is 3.52. The topological polar surface area (TPSA) is 84.7 Å². The number of aliphatic hydroxyl groups excluding tert-OH is 1. The van der Waals surface area contributed by atoms with Crippen LogP contribution in [-0.2, 0) is 22.7 Å². The van der Waals surface area contributed by atoms with E-state index in [-0.39, 0.29) is 11.3 Å². The van der Waals surface area contributed by atoms with E-state index in [0.29, 0.717) is 37.4 Å². The number of hydrogen-bond acceptors (Lipinski definition) is 6. The van der Waals surface area contributed by atoms with Crippen LogP contribution in [0.3, 0.4) is 0 Å². The monoisotopic (exact) mass is 513 g/mol. The summed E-state index contributed by atoms with van der Waals surface area (Å²) in [5, 5.41) is 13.1. The fraction of sp³-hybridized carbons (Fsp3) is 0.207. The van der Waals surface area contributed by atoms with Gasteiger partial charge in [-0.3, -0.25) is 9.59 Å². The number of hydrogen-bond donors (Lipinski definition) is 1. The normalized spacial score (nSPS) is 16.9. The van der Waals surface area contributed by atoms with Crippen LogP contribution in [0.15, 0.2) is 90.3 Å². The van der Waals surface area contributed by atoms with Gasteiger partial charge in [0.15, 0.2) is 0 Å². The summed E-state index contributed by atoms with van der Waals surface area (Å²) < 4.78 is 7.82. The lowest BCUT2D eigenvalue weighted by Gasteiger charge is -2.24. The van der Waals surface area contributed by atoms with Crippen molar-refractivity contribution in [1.82, 2.24) is 14.5 Å². The number of carbonyl (C=O) groups is 2. The van der Waals surface area contributed by atoms with Crippen LogP contribution in [0.1, 0.15) is 34.0 Å². The van der Waals surface area contributed by atoms with Gasteiger partial charge in [-0.05, 0) is 54.6 Å². The van der Waals surface area contributed by atoms with Gasteiger partial charge in [-0.2, -0.15) is 0 Å². The lowest BCUT2D eigenvalue weighted by molar-refractivity contribution is -0.139. The van der Waals surface area contributed by atoms with Crippen molar-refractivity contribution >= 4 is 28.8 Å². The highest BCUT2D eigenvalue weighted by molar-refractivity contribution is 7.10. The zero-order valence-electron chi connectivity index (χ0n) is 20.4. The molecule has 1 fully saturated rings. The van der Waals surface area contributed by atoms with Gasteiger partial charge >= 0.3 is 0 Å². The van der Waals surface area contributed by atoms with E-state index in [9.17, 15) is 14.7 Å². The summed E-state index contributed by atoms with van der Waals surface area (Å²) in [6, 6.07) is 18.2. The maximum atomic E-state index is 13.1. The summed E-state index contributed by atoms with van der Waals surface area (Å²) in [7, 11) is 0. The molecule has 1 amide bonds. The van der Waals surface area contributed by atoms with E-state index in [1.807, 2.05) is 53.4 Å². The van der Waals surface area contributed by atoms with Crippen molar-refractivity contribution in [3.05, 3.63) is 112 Å². The number of rotatable bonds is 9. The van der Waals surface area contributed by atoms with Gasteiger partial charge in [0, 0.05) is 35.9 Å². The zero-order chi connectivity index (χ0) is 25.8. The van der Waals surface area contributed by atoms with E-state index in [2.05, 4.69) is 11.1 Å². The molecule has 0 spiro atoms. The first-order valence-corrected chi connectivity index (χ1v) is 13.0. The number of thiophene rings is 1. The highest BCUT2D eigenvalue weighted by Crippen LogP contribution is 2.41. The number of Topliss-reactive ketones (excluding diaryl/α,β-unsaturated/α-hetero) is 1. The molecule has 37 heavy (non-hydrogen) atoms. The Hall–Kier alpha value is -4.17. The predicted molar refractivity (Wildman–Crippen MR) is 142 cm³/mol. The summed E-state index contributed by atoms with van der Waals surface area (Å²) in [5.41, 5.74) is 2.81. The first-order chi connectivity index (χ1) is 18.0. The van der Waals surface area contributed by atoms with Crippen LogP contribution in [-0.4, -0.2) is 37.8 Å². The van der Waals surface area contributed by atoms with Crippen molar-refractivity contribution in [1.29, 1.82) is 0 Å². The van der Waals surface area contributed by atoms with Gasteiger partial charge in [0.05, 0.1) is 17.9 Å². The lowest BCUT2D eigenvalue weighted by Crippen LogP contribution is -2.31. The molecule has 0 bridgehead atoms. The Kier molecular flexibility index (Phi) is 7.18. The SMILES string of the molecule is Cc1cccc(COc2ccc(C(O)=C3C(=O)C(=O)N(CCCn4ccnc4)C3c3cccs3)cc2)c1. The second-order valence-electron chi connectivity index (χ2n) is 8.96. The second kappa shape index (κ2) is 10.8. The second-order valence-corrected chi connectivity index (χ2v) is 9.94. The molecule has 7 nitrogen and oxygen atoms in total. The summed E-state index contributed by atoms with van der Waals surface area (Å²) in [4.78, 5) is 32.6. The van der Waals surface area contributed by atoms with E-state index in [1.54, 1.807) is 41.7 Å². The average Bonchev–Trinajstić information content (AvgIpc) is 3.67. The zero-order valence-corrected chi connectivity index (χ0v) is 21.2. The standard InChI is InChI=1S/C29H27N3O4S/c1-20-5-2-6-21(17-20)18-36-23-10-8-22(9-11-23)27(33)25-26(24-7-3-16-37-24)32(29(35)28(25)34)14-4-13-31-15-12-30-19-31/h2-3,5-12,15-17,19,26,33H,4,13-14,18H2,1H3. The Morgan fingerprint density at radius 2 is 1.92 bits per heavy atom. The smallest absolute Gasteiger partial charge is 0.295 e. The number of imidazole rings is 1. The van der Waals surface area contributed by atoms with Crippen molar-refractivity contribution in [2.45, 2.75) is 32.5 Å². The number of ketones is 1. The molecule has 2 aromatic heterocycles. The third-order valence-electron chi connectivity index (χ3n) is 6.34. The molecule has 3 heterocycles. The van der Waals surface area contributed by atoms with E-state index >= 15 is 0 Å². The van der Waals surface area contributed by atoms with Crippen LogP contribution in [0.25, 0.3) is 5.76 Å². The molecule has 5 rings (SSSR count). The van der Waals surface area contributed by atoms with E-state index in [1.165, 1.54) is 16.9 Å². The average molecular weight is 514 g/mol. The molecule has 0 saturated carbocycles. The molecule has 1 saturated heterocycles. The van der Waals surface area contributed by atoms with Crippen LogP contribution in [0.5, 0.6) is 5.75 Å². The minimum Gasteiger partial charge on any atom is -0.507 e. The number of benzene rings is 2. The number of nitrogens with zero attached hydrogens (tertiary/aromatic N) is 3. The molecule has 4 aromatic rings. The molecular formula is C29H27N3O4S. The molecular weight excluding hydrogens is 486 g/mol. The highest BCUT2D eigenvalue weighted by Gasteiger charge is 2.46. The Morgan fingerprint density at radius 1 is 1.08 bits per heavy atom. The summed E-state index contributed by atoms with van der Waals surface area (Å²) >= 11 is 1.46. The third kappa shape index (κ3) is 5.34. The van der Waals surface area contributed by atoms with Crippen LogP contribution in [0, 0.1) is 6.92 Å². The number of aryl methyl sites for hydroxylation is 2. The van der Waals surface area contributed by atoms with Gasteiger partial charge < -0.3 is 19.3 Å². The van der Waals surface area contributed by atoms with Gasteiger partial charge in [0.1, 0.15) is 18.1 Å². The lowest BCUT2D eigenvalue weighted by atomic mass is 10.00. The number of amides is 1. The Balaban J connectivity index is 1.37. The predicted octanol–water partition coefficient (Wildman–Crippen LogP) is 5.34. The van der Waals surface area contributed by atoms with Crippen LogP contribution < -0.4 is 4.74 Å². The Morgan fingerprint density at radius 3 is 2.62 bits per heavy atom. The number of ether oxygens (including phenoxy) is 1. The molecule has 188 valence electrons. The highest BCUT2D eigenvalue weighted by atomic mass is 32.1. The molecule has 0 aliphatic carbocycles. The van der Waals surface area contributed by atoms with Gasteiger partial charge in [0.2, 0.25) is 0 Å². The van der Waals surface area contributed by atoms with Crippen LogP contribution in [0.4, 0.5) is 0 Å². The van der Waals surface area contributed by atoms with Crippen molar-refractivity contribution in [3.8, 4) is 5.75 Å². The van der Waals surface area contributed by atoms with Gasteiger partial charge in [-0.15, -0.1) is 11.3 Å². The fourth-order valence-corrected chi connectivity index (χ4v) is 5.37. The number of likely N-dealkylation sites (tertiary alicyclic amines) is 1. The molecule has 2 aromatic carbocycles. The molecule has 1 unspecified atom stereocenters. The van der Waals surface area contributed by atoms with Gasteiger partial charge in [0.25, 0.3) is 11.7 Å². The summed E-state index contributed by atoms with van der Waals surface area (Å²) in [6.07, 6.45) is 5.94. The fourth-order valence-electron chi connectivity index (χ4n) is 4.53. The van der Waals surface area contributed by atoms with Crippen molar-refractivity contribution in [2.75, 3.05) is 6.54 Å². The minimum atomic E-state index is -0.668. The first kappa shape index (κ1) is 24.5. The molecule has 1 aliphatic rings. The molecule has 1 aliphatic heterocycles. The van der Waals surface area contributed by atoms with E-state index in [0.717, 1.165) is 10.4 Å². The molecule has 1 N–H and O–H groups in total. The van der Waals surface area contributed by atoms with Crippen LogP contribution in [0.2, 0.25) is 0 Å². The van der Waals surface area contributed by atoms with E-state index in [4.69, 9.17) is 4.74 Å². The van der Waals surface area contributed by atoms with Gasteiger partial charge in [-0.25, -0.2) is 4.98 Å². The number of aromatic nitrogens is 2. The Bertz CT molecular complexity index is 1410. The maximum absolute atomic E-state index is 13.1. The first-order valence-electron chi connectivity index (χ1n) is 12.1. The van der Waals surface area contributed by atoms with Crippen molar-refractivity contribution < 1.29 is 19.4 Å². The van der Waals surface area contributed by atoms with Gasteiger partial charge in [-0.1, -0.05) is 35.9 Å². The molecule has 8 heteroatoms.